The second-order valence-corrected chi connectivity index (χ2v) is 5.50. The Morgan fingerprint density at radius 2 is 2.00 bits per heavy atom. The van der Waals surface area contributed by atoms with Gasteiger partial charge in [0.05, 0.1) is 17.6 Å². The molecule has 1 atom stereocenters. The average molecular weight is 305 g/mol. The SMILES string of the molecule is COC(=O)c1ccc(F)cc1S(=O)(=O)N[C@H](C)C(=O)O. The van der Waals surface area contributed by atoms with Gasteiger partial charge in [-0.05, 0) is 25.1 Å². The highest BCUT2D eigenvalue weighted by atomic mass is 32.2. The van der Waals surface area contributed by atoms with E-state index in [0.29, 0.717) is 6.07 Å². The van der Waals surface area contributed by atoms with Crippen LogP contribution in [0.25, 0.3) is 0 Å². The molecule has 0 saturated heterocycles. The Hall–Kier alpha value is -2.00. The van der Waals surface area contributed by atoms with Gasteiger partial charge in [-0.25, -0.2) is 17.6 Å². The molecule has 0 amide bonds. The summed E-state index contributed by atoms with van der Waals surface area (Å²) in [6.07, 6.45) is 0. The number of hydrogen-bond donors (Lipinski definition) is 2. The zero-order chi connectivity index (χ0) is 15.5. The number of halogens is 1. The van der Waals surface area contributed by atoms with Crippen LogP contribution >= 0.6 is 0 Å². The Kier molecular flexibility index (Phi) is 4.79. The van der Waals surface area contributed by atoms with Crippen LogP contribution in [0, 0.1) is 5.82 Å². The number of ether oxygens (including phenoxy) is 1. The molecule has 0 bridgehead atoms. The van der Waals surface area contributed by atoms with Crippen molar-refractivity contribution in [1.82, 2.24) is 4.72 Å². The van der Waals surface area contributed by atoms with Crippen LogP contribution in [0.5, 0.6) is 0 Å². The van der Waals surface area contributed by atoms with Crippen LogP contribution in [-0.2, 0) is 19.6 Å². The van der Waals surface area contributed by atoms with Gasteiger partial charge in [0.15, 0.2) is 0 Å². The molecule has 0 spiro atoms. The zero-order valence-electron chi connectivity index (χ0n) is 10.6. The number of aliphatic carboxylic acids is 1. The molecular formula is C11H12FNO6S. The maximum Gasteiger partial charge on any atom is 0.339 e. The van der Waals surface area contributed by atoms with Crippen LogP contribution in [0.4, 0.5) is 4.39 Å². The van der Waals surface area contributed by atoms with E-state index in [4.69, 9.17) is 5.11 Å². The van der Waals surface area contributed by atoms with Crippen LogP contribution in [0.1, 0.15) is 17.3 Å². The van der Waals surface area contributed by atoms with E-state index in [1.807, 2.05) is 4.72 Å². The van der Waals surface area contributed by atoms with E-state index in [-0.39, 0.29) is 5.56 Å². The van der Waals surface area contributed by atoms with E-state index in [1.165, 1.54) is 0 Å². The van der Waals surface area contributed by atoms with Crippen LogP contribution in [0.3, 0.4) is 0 Å². The molecule has 0 saturated carbocycles. The third-order valence-electron chi connectivity index (χ3n) is 2.34. The molecular weight excluding hydrogens is 293 g/mol. The first-order valence-corrected chi connectivity index (χ1v) is 6.80. The molecule has 0 unspecified atom stereocenters. The molecule has 0 aliphatic rings. The zero-order valence-corrected chi connectivity index (χ0v) is 11.4. The second-order valence-electron chi connectivity index (χ2n) is 3.81. The standard InChI is InChI=1S/C11H12FNO6S/c1-6(10(14)15)13-20(17,18)9-5-7(12)3-4-8(9)11(16)19-2/h3-6,13H,1-2H3,(H,14,15)/t6-/m1/s1. The van der Waals surface area contributed by atoms with Gasteiger partial charge < -0.3 is 9.84 Å². The highest BCUT2D eigenvalue weighted by Crippen LogP contribution is 2.18. The smallest absolute Gasteiger partial charge is 0.339 e. The van der Waals surface area contributed by atoms with Gasteiger partial charge in [-0.3, -0.25) is 4.79 Å². The van der Waals surface area contributed by atoms with Crippen molar-refractivity contribution in [2.45, 2.75) is 17.9 Å². The summed E-state index contributed by atoms with van der Waals surface area (Å²) in [6, 6.07) is 1.02. The van der Waals surface area contributed by atoms with Crippen molar-refractivity contribution in [2.24, 2.45) is 0 Å². The van der Waals surface area contributed by atoms with E-state index < -0.39 is 38.7 Å². The van der Waals surface area contributed by atoms with Crippen molar-refractivity contribution in [1.29, 1.82) is 0 Å². The Labute approximate surface area is 114 Å². The van der Waals surface area contributed by atoms with E-state index in [0.717, 1.165) is 26.2 Å². The fraction of sp³-hybridized carbons (Fsp3) is 0.273. The molecule has 1 aromatic carbocycles. The minimum absolute atomic E-state index is 0.390. The lowest BCUT2D eigenvalue weighted by Gasteiger charge is -2.12. The Morgan fingerprint density at radius 3 is 2.50 bits per heavy atom. The molecule has 0 heterocycles. The van der Waals surface area contributed by atoms with Crippen LogP contribution in [0.15, 0.2) is 23.1 Å². The van der Waals surface area contributed by atoms with Crippen molar-refractivity contribution >= 4 is 22.0 Å². The maximum atomic E-state index is 13.2. The van der Waals surface area contributed by atoms with Crippen LogP contribution < -0.4 is 4.72 Å². The highest BCUT2D eigenvalue weighted by molar-refractivity contribution is 7.89. The van der Waals surface area contributed by atoms with E-state index in [2.05, 4.69) is 4.74 Å². The second kappa shape index (κ2) is 5.97. The first-order chi connectivity index (χ1) is 9.19. The molecule has 0 radical (unpaired) electrons. The molecule has 1 rings (SSSR count). The number of methoxy groups -OCH3 is 1. The number of carbonyl (C=O) groups is 2. The van der Waals surface area contributed by atoms with E-state index in [9.17, 15) is 22.4 Å². The summed E-state index contributed by atoms with van der Waals surface area (Å²) in [7, 11) is -3.35. The number of rotatable bonds is 5. The van der Waals surface area contributed by atoms with Crippen molar-refractivity contribution in [3.63, 3.8) is 0 Å². The summed E-state index contributed by atoms with van der Waals surface area (Å²) in [4.78, 5) is 21.4. The van der Waals surface area contributed by atoms with Crippen LogP contribution in [0.2, 0.25) is 0 Å². The maximum absolute atomic E-state index is 13.2. The molecule has 9 heteroatoms. The normalized spacial score (nSPS) is 12.8. The van der Waals surface area contributed by atoms with Gasteiger partial charge in [0.1, 0.15) is 11.9 Å². The number of carbonyl (C=O) groups excluding carboxylic acids is 1. The van der Waals surface area contributed by atoms with Gasteiger partial charge in [-0.2, -0.15) is 4.72 Å². The summed E-state index contributed by atoms with van der Waals surface area (Å²) in [5, 5.41) is 8.68. The molecule has 2 N–H and O–H groups in total. The third kappa shape index (κ3) is 3.52. The summed E-state index contributed by atoms with van der Waals surface area (Å²) in [5.74, 6) is -3.28. The number of carboxylic acids is 1. The molecule has 7 nitrogen and oxygen atoms in total. The fourth-order valence-electron chi connectivity index (χ4n) is 1.34. The topological polar surface area (TPSA) is 110 Å². The molecule has 110 valence electrons. The quantitative estimate of drug-likeness (QED) is 0.760. The minimum atomic E-state index is -4.38. The lowest BCUT2D eigenvalue weighted by atomic mass is 10.2. The van der Waals surface area contributed by atoms with Crippen molar-refractivity contribution in [3.05, 3.63) is 29.6 Å². The predicted molar refractivity (Wildman–Crippen MR) is 65.2 cm³/mol. The number of nitrogens with one attached hydrogen (secondary N) is 1. The lowest BCUT2D eigenvalue weighted by Crippen LogP contribution is -2.38. The van der Waals surface area contributed by atoms with E-state index in [1.54, 1.807) is 0 Å². The Morgan fingerprint density at radius 1 is 1.40 bits per heavy atom. The minimum Gasteiger partial charge on any atom is -0.480 e. The molecule has 20 heavy (non-hydrogen) atoms. The van der Waals surface area contributed by atoms with Gasteiger partial charge >= 0.3 is 11.9 Å². The molecule has 0 fully saturated rings. The molecule has 0 aliphatic heterocycles. The van der Waals surface area contributed by atoms with Gasteiger partial charge in [-0.1, -0.05) is 0 Å². The first-order valence-electron chi connectivity index (χ1n) is 5.32. The van der Waals surface area contributed by atoms with Gasteiger partial charge in [0, 0.05) is 0 Å². The first kappa shape index (κ1) is 16.1. The molecule has 1 aromatic rings. The summed E-state index contributed by atoms with van der Waals surface area (Å²) >= 11 is 0. The van der Waals surface area contributed by atoms with Gasteiger partial charge in [-0.15, -0.1) is 0 Å². The summed E-state index contributed by atoms with van der Waals surface area (Å²) in [5.41, 5.74) is -0.390. The number of carboxylic acid groups (broad SMARTS) is 1. The Bertz CT molecular complexity index is 642. The lowest BCUT2D eigenvalue weighted by molar-refractivity contribution is -0.138. The van der Waals surface area contributed by atoms with Crippen LogP contribution in [-0.4, -0.2) is 38.6 Å². The highest BCUT2D eigenvalue weighted by Gasteiger charge is 2.27. The summed E-state index contributed by atoms with van der Waals surface area (Å²) < 4.78 is 43.4. The number of sulfonamides is 1. The third-order valence-corrected chi connectivity index (χ3v) is 3.92. The predicted octanol–water partition coefficient (Wildman–Crippen LogP) is 0.364. The average Bonchev–Trinajstić information content (AvgIpc) is 2.37. The Balaban J connectivity index is 3.33. The fourth-order valence-corrected chi connectivity index (χ4v) is 2.75. The molecule has 0 aromatic heterocycles. The molecule has 0 aliphatic carbocycles. The van der Waals surface area contributed by atoms with Gasteiger partial charge in [0.25, 0.3) is 0 Å². The van der Waals surface area contributed by atoms with Crippen molar-refractivity contribution in [2.75, 3.05) is 7.11 Å². The van der Waals surface area contributed by atoms with Gasteiger partial charge in [0.2, 0.25) is 10.0 Å². The largest absolute Gasteiger partial charge is 0.480 e. The van der Waals surface area contributed by atoms with E-state index >= 15 is 0 Å². The monoisotopic (exact) mass is 305 g/mol. The number of esters is 1. The summed E-state index contributed by atoms with van der Waals surface area (Å²) in [6.45, 7) is 1.09. The number of benzene rings is 1. The number of hydrogen-bond acceptors (Lipinski definition) is 5. The van der Waals surface area contributed by atoms with Crippen molar-refractivity contribution < 1.29 is 32.2 Å². The van der Waals surface area contributed by atoms with Crippen molar-refractivity contribution in [3.8, 4) is 0 Å².